The van der Waals surface area contributed by atoms with E-state index in [9.17, 15) is 21.6 Å². The summed E-state index contributed by atoms with van der Waals surface area (Å²) in [6.45, 7) is 4.69. The zero-order chi connectivity index (χ0) is 29.4. The summed E-state index contributed by atoms with van der Waals surface area (Å²) in [5.41, 5.74) is 5.73. The highest BCUT2D eigenvalue weighted by atomic mass is 32.2. The van der Waals surface area contributed by atoms with Gasteiger partial charge in [-0.25, -0.2) is 16.8 Å². The smallest absolute Gasteiger partial charge is 0.235 e. The lowest BCUT2D eigenvalue weighted by molar-refractivity contribution is -0.119. The second-order valence-corrected chi connectivity index (χ2v) is 14.7. The van der Waals surface area contributed by atoms with E-state index in [4.69, 9.17) is 14.2 Å². The molecule has 3 aromatic carbocycles. The van der Waals surface area contributed by atoms with Crippen LogP contribution in [0.25, 0.3) is 11.1 Å². The maximum atomic E-state index is 11.9. The first-order valence-electron chi connectivity index (χ1n) is 13.4. The van der Waals surface area contributed by atoms with Crippen LogP contribution in [0.3, 0.4) is 0 Å². The number of carbonyl (C=O) groups excluding carboxylic acids is 1. The van der Waals surface area contributed by atoms with Gasteiger partial charge in [0.1, 0.15) is 33.7 Å². The summed E-state index contributed by atoms with van der Waals surface area (Å²) in [6.07, 6.45) is 1.46. The lowest BCUT2D eigenvalue weighted by atomic mass is 9.93. The molecule has 0 aliphatic carbocycles. The van der Waals surface area contributed by atoms with Crippen molar-refractivity contribution in [1.82, 2.24) is 4.72 Å². The Bertz CT molecular complexity index is 1660. The number of nitrogens with one attached hydrogen (secondary N) is 1. The lowest BCUT2D eigenvalue weighted by Gasteiger charge is -2.22. The molecule has 1 fully saturated rings. The molecule has 5 rings (SSSR count). The SMILES string of the molecule is Cc1cc(OCCCS(C)(=O)=O)cc(C)c1-c1cccc2c1OC[C@H]2Oc1ccc(C2CC(=O)NS(=O)(=O)C2)cc1. The zero-order valence-corrected chi connectivity index (χ0v) is 24.8. The third-order valence-electron chi connectivity index (χ3n) is 7.23. The molecule has 218 valence electrons. The Morgan fingerprint density at radius 1 is 1.02 bits per heavy atom. The predicted octanol–water partition coefficient (Wildman–Crippen LogP) is 4.23. The first kappa shape index (κ1) is 28.9. The molecule has 1 N–H and O–H groups in total. The highest BCUT2D eigenvalue weighted by molar-refractivity contribution is 7.90. The summed E-state index contributed by atoms with van der Waals surface area (Å²) >= 11 is 0. The van der Waals surface area contributed by atoms with Crippen LogP contribution in [-0.4, -0.2) is 53.7 Å². The van der Waals surface area contributed by atoms with Crippen LogP contribution in [0.4, 0.5) is 0 Å². The number of amides is 1. The lowest BCUT2D eigenvalue weighted by Crippen LogP contribution is -2.40. The van der Waals surface area contributed by atoms with Crippen LogP contribution >= 0.6 is 0 Å². The number of para-hydroxylation sites is 1. The van der Waals surface area contributed by atoms with Crippen LogP contribution in [0.15, 0.2) is 54.6 Å². The molecule has 41 heavy (non-hydrogen) atoms. The van der Waals surface area contributed by atoms with Gasteiger partial charge in [-0.1, -0.05) is 30.3 Å². The molecule has 1 amide bonds. The molecule has 9 nitrogen and oxygen atoms in total. The van der Waals surface area contributed by atoms with Crippen molar-refractivity contribution in [3.05, 3.63) is 76.9 Å². The number of carbonyl (C=O) groups is 1. The van der Waals surface area contributed by atoms with E-state index in [-0.39, 0.29) is 24.0 Å². The molecule has 2 aliphatic heterocycles. The molecule has 2 aliphatic rings. The second-order valence-electron chi connectivity index (χ2n) is 10.7. The van der Waals surface area contributed by atoms with Crippen LogP contribution in [0.1, 0.15) is 47.1 Å². The Labute approximate surface area is 240 Å². The van der Waals surface area contributed by atoms with Crippen molar-refractivity contribution in [2.24, 2.45) is 0 Å². The number of aryl methyl sites for hydroxylation is 2. The number of rotatable bonds is 9. The minimum absolute atomic E-state index is 0.0908. The van der Waals surface area contributed by atoms with Gasteiger partial charge in [0.15, 0.2) is 6.10 Å². The molecule has 3 aromatic rings. The molecular formula is C30H33NO8S2. The highest BCUT2D eigenvalue weighted by Crippen LogP contribution is 2.45. The molecule has 1 saturated heterocycles. The van der Waals surface area contributed by atoms with Crippen molar-refractivity contribution in [3.8, 4) is 28.4 Å². The van der Waals surface area contributed by atoms with Crippen LogP contribution in [0.5, 0.6) is 17.2 Å². The Morgan fingerprint density at radius 2 is 1.73 bits per heavy atom. The minimum Gasteiger partial charge on any atom is -0.494 e. The monoisotopic (exact) mass is 599 g/mol. The van der Waals surface area contributed by atoms with Crippen molar-refractivity contribution in [2.75, 3.05) is 31.0 Å². The number of ether oxygens (including phenoxy) is 3. The van der Waals surface area contributed by atoms with E-state index in [1.165, 1.54) is 6.26 Å². The molecule has 0 spiro atoms. The first-order chi connectivity index (χ1) is 19.4. The summed E-state index contributed by atoms with van der Waals surface area (Å²) in [5, 5.41) is 0. The van der Waals surface area contributed by atoms with E-state index >= 15 is 0 Å². The fourth-order valence-electron chi connectivity index (χ4n) is 5.46. The predicted molar refractivity (Wildman–Crippen MR) is 156 cm³/mol. The van der Waals surface area contributed by atoms with Gasteiger partial charge in [-0.2, -0.15) is 0 Å². The van der Waals surface area contributed by atoms with Crippen LogP contribution < -0.4 is 18.9 Å². The maximum absolute atomic E-state index is 11.9. The van der Waals surface area contributed by atoms with Crippen LogP contribution in [0.2, 0.25) is 0 Å². The van der Waals surface area contributed by atoms with E-state index in [2.05, 4.69) is 0 Å². The van der Waals surface area contributed by atoms with Gasteiger partial charge < -0.3 is 14.2 Å². The van der Waals surface area contributed by atoms with Gasteiger partial charge in [0.05, 0.1) is 18.1 Å². The van der Waals surface area contributed by atoms with Gasteiger partial charge in [-0.15, -0.1) is 0 Å². The Morgan fingerprint density at radius 3 is 2.39 bits per heavy atom. The third-order valence-corrected chi connectivity index (χ3v) is 9.64. The number of hydrogen-bond acceptors (Lipinski definition) is 8. The third kappa shape index (κ3) is 6.84. The van der Waals surface area contributed by atoms with Crippen molar-refractivity contribution < 1.29 is 35.8 Å². The number of fused-ring (bicyclic) bond motifs is 1. The number of sulfonamides is 1. The van der Waals surface area contributed by atoms with E-state index in [1.54, 1.807) is 24.3 Å². The van der Waals surface area contributed by atoms with Gasteiger partial charge in [-0.3, -0.25) is 9.52 Å². The fourth-order valence-corrected chi connectivity index (χ4v) is 7.45. The fraction of sp³-hybridized carbons (Fsp3) is 0.367. The molecular weight excluding hydrogens is 566 g/mol. The molecule has 2 atom stereocenters. The Kier molecular flexibility index (Phi) is 8.02. The van der Waals surface area contributed by atoms with Gasteiger partial charge in [0.25, 0.3) is 0 Å². The summed E-state index contributed by atoms with van der Waals surface area (Å²) in [5.74, 6) is 1.16. The van der Waals surface area contributed by atoms with Crippen LogP contribution in [0, 0.1) is 13.8 Å². The molecule has 0 saturated carbocycles. The molecule has 2 heterocycles. The second kappa shape index (κ2) is 11.4. The van der Waals surface area contributed by atoms with E-state index in [0.717, 1.165) is 39.1 Å². The van der Waals surface area contributed by atoms with Gasteiger partial charge >= 0.3 is 0 Å². The average Bonchev–Trinajstić information content (AvgIpc) is 3.28. The summed E-state index contributed by atoms with van der Waals surface area (Å²) in [7, 11) is -6.63. The van der Waals surface area contributed by atoms with Crippen molar-refractivity contribution in [2.45, 2.75) is 38.7 Å². The maximum Gasteiger partial charge on any atom is 0.235 e. The molecule has 0 aromatic heterocycles. The van der Waals surface area contributed by atoms with Gasteiger partial charge in [-0.05, 0) is 66.8 Å². The summed E-state index contributed by atoms with van der Waals surface area (Å²) in [6, 6.07) is 17.1. The van der Waals surface area contributed by atoms with E-state index in [0.29, 0.717) is 31.1 Å². The zero-order valence-electron chi connectivity index (χ0n) is 23.2. The van der Waals surface area contributed by atoms with Crippen LogP contribution in [-0.2, 0) is 24.7 Å². The summed E-state index contributed by atoms with van der Waals surface area (Å²) in [4.78, 5) is 11.8. The number of sulfone groups is 1. The average molecular weight is 600 g/mol. The highest BCUT2D eigenvalue weighted by Gasteiger charge is 2.32. The molecule has 1 unspecified atom stereocenters. The largest absolute Gasteiger partial charge is 0.494 e. The molecule has 0 radical (unpaired) electrons. The molecule has 0 bridgehead atoms. The topological polar surface area (TPSA) is 125 Å². The Hall–Kier alpha value is -3.57. The van der Waals surface area contributed by atoms with Crippen molar-refractivity contribution in [1.29, 1.82) is 0 Å². The van der Waals surface area contributed by atoms with E-state index < -0.39 is 31.7 Å². The molecule has 11 heteroatoms. The number of benzene rings is 3. The standard InChI is InChI=1S/C30H33NO8S2/c1-19-14-24(37-12-5-13-40(3,33)34)15-20(2)29(19)26-7-4-6-25-27(17-38-30(25)26)39-23-10-8-21(9-11-23)22-16-28(32)31-41(35,36)18-22/h4,6-11,14-15,22,27H,5,12-13,16-18H2,1-3H3,(H,31,32)/t22?,27-/m1/s1. The van der Waals surface area contributed by atoms with Crippen molar-refractivity contribution in [3.63, 3.8) is 0 Å². The van der Waals surface area contributed by atoms with Gasteiger partial charge in [0, 0.05) is 29.7 Å². The quantitative estimate of drug-likeness (QED) is 0.363. The Balaban J connectivity index is 1.30. The van der Waals surface area contributed by atoms with Gasteiger partial charge in [0.2, 0.25) is 15.9 Å². The van der Waals surface area contributed by atoms with Crippen molar-refractivity contribution >= 4 is 25.8 Å². The van der Waals surface area contributed by atoms with E-state index in [1.807, 2.05) is 48.9 Å². The first-order valence-corrected chi connectivity index (χ1v) is 17.1. The number of hydrogen-bond donors (Lipinski definition) is 1. The summed E-state index contributed by atoms with van der Waals surface area (Å²) < 4.78 is 66.9. The minimum atomic E-state index is -3.61. The normalized spacial score (nSPS) is 19.6.